The molecule has 0 heterocycles. The first-order valence-electron chi connectivity index (χ1n) is 3.35. The van der Waals surface area contributed by atoms with Gasteiger partial charge in [-0.1, -0.05) is 0 Å². The first-order chi connectivity index (χ1) is 7.46. The van der Waals surface area contributed by atoms with Crippen LogP contribution in [-0.2, 0) is 9.09 Å². The Labute approximate surface area is 90.1 Å². The highest BCUT2D eigenvalue weighted by Crippen LogP contribution is 2.76. The van der Waals surface area contributed by atoms with Gasteiger partial charge in [0.2, 0.25) is 0 Å². The van der Waals surface area contributed by atoms with E-state index in [9.17, 15) is 52.9 Å². The fraction of sp³-hybridized carbons (Fsp3) is 1.00. The summed E-state index contributed by atoms with van der Waals surface area (Å²) in [5.74, 6) is -7.05. The molecule has 0 radical (unpaired) electrons. The predicted molar refractivity (Wildman–Crippen MR) is 31.8 cm³/mol. The Balaban J connectivity index is 5.90. The number of alkyl halides is 11. The van der Waals surface area contributed by atoms with Crippen molar-refractivity contribution >= 4 is 7.37 Å². The second-order valence-electron chi connectivity index (χ2n) is 2.60. The summed E-state index contributed by atoms with van der Waals surface area (Å²) in [7, 11) is -8.43. The van der Waals surface area contributed by atoms with Crippen molar-refractivity contribution in [2.24, 2.45) is 0 Å². The Morgan fingerprint density at radius 1 is 0.722 bits per heavy atom. The fourth-order valence-electron chi connectivity index (χ4n) is 0.581. The molecule has 1 unspecified atom stereocenters. The van der Waals surface area contributed by atoms with Crippen molar-refractivity contribution in [3.8, 4) is 0 Å². The Hall–Kier alpha value is -0.580. The first-order valence-corrected chi connectivity index (χ1v) is 4.97. The van der Waals surface area contributed by atoms with Crippen molar-refractivity contribution in [1.29, 1.82) is 0 Å². The molecule has 0 fully saturated rings. The van der Waals surface area contributed by atoms with Gasteiger partial charge in [-0.3, -0.25) is 4.57 Å². The maximum atomic E-state index is 12.3. The highest BCUT2D eigenvalue weighted by Gasteiger charge is 2.81. The van der Waals surface area contributed by atoms with Gasteiger partial charge in [0.25, 0.3) is 0 Å². The number of halogens is 11. The molecule has 0 aromatic carbocycles. The van der Waals surface area contributed by atoms with E-state index in [1.807, 2.05) is 0 Å². The summed E-state index contributed by atoms with van der Waals surface area (Å²) >= 11 is 0. The van der Waals surface area contributed by atoms with Gasteiger partial charge in [0, 0.05) is 0 Å². The zero-order valence-corrected chi connectivity index (χ0v) is 8.32. The molecule has 0 rings (SSSR count). The molecule has 0 aliphatic heterocycles. The van der Waals surface area contributed by atoms with Crippen LogP contribution in [0.5, 0.6) is 0 Å². The van der Waals surface area contributed by atoms with Crippen LogP contribution in [0.4, 0.5) is 48.3 Å². The Morgan fingerprint density at radius 2 is 1.06 bits per heavy atom. The summed E-state index contributed by atoms with van der Waals surface area (Å²) in [6, 6.07) is 0. The molecule has 0 aliphatic rings. The normalized spacial score (nSPS) is 18.6. The maximum absolute atomic E-state index is 12.3. The molecular weight excluding hydrogens is 320 g/mol. The van der Waals surface area contributed by atoms with E-state index in [0.29, 0.717) is 0 Å². The maximum Gasteiger partial charge on any atom is 0.528 e. The lowest BCUT2D eigenvalue weighted by molar-refractivity contribution is -0.299. The van der Waals surface area contributed by atoms with E-state index in [2.05, 4.69) is 0 Å². The van der Waals surface area contributed by atoms with Gasteiger partial charge in [-0.05, 0) is 0 Å². The summed E-state index contributed by atoms with van der Waals surface area (Å²) in [6.45, 7) is 0. The predicted octanol–water partition coefficient (Wildman–Crippen LogP) is 4.48. The van der Waals surface area contributed by atoms with Crippen LogP contribution in [0.15, 0.2) is 0 Å². The van der Waals surface area contributed by atoms with Gasteiger partial charge in [0.15, 0.2) is 0 Å². The van der Waals surface area contributed by atoms with Crippen LogP contribution in [0.3, 0.4) is 0 Å². The van der Waals surface area contributed by atoms with Crippen LogP contribution in [0.1, 0.15) is 0 Å². The number of hydrogen-bond acceptors (Lipinski definition) is 2. The van der Waals surface area contributed by atoms with Crippen molar-refractivity contribution < 1.29 is 57.4 Å². The zero-order valence-electron chi connectivity index (χ0n) is 7.42. The van der Waals surface area contributed by atoms with Crippen molar-refractivity contribution in [2.45, 2.75) is 24.1 Å². The highest BCUT2D eigenvalue weighted by atomic mass is 31.2. The average molecular weight is 320 g/mol. The van der Waals surface area contributed by atoms with Gasteiger partial charge in [0.1, 0.15) is 0 Å². The Bertz CT molecular complexity index is 348. The minimum absolute atomic E-state index is 1.54. The molecule has 14 heteroatoms. The van der Waals surface area contributed by atoms with Crippen LogP contribution in [0.25, 0.3) is 0 Å². The quantitative estimate of drug-likeness (QED) is 0.554. The SMILES string of the molecule is O=P(OC(F)(F)F)(C(F)(F)F)C(F)(F)C(F)(F)F. The molecule has 0 spiro atoms. The summed E-state index contributed by atoms with van der Waals surface area (Å²) < 4.78 is 141. The van der Waals surface area contributed by atoms with E-state index >= 15 is 0 Å². The summed E-state index contributed by atoms with van der Waals surface area (Å²) in [5.41, 5.74) is -7.23. The van der Waals surface area contributed by atoms with Crippen molar-refractivity contribution in [2.75, 3.05) is 0 Å². The molecule has 0 bridgehead atoms. The lowest BCUT2D eigenvalue weighted by Crippen LogP contribution is -2.42. The van der Waals surface area contributed by atoms with E-state index < -0.39 is 31.5 Å². The summed E-state index contributed by atoms with van der Waals surface area (Å²) in [4.78, 5) is 0. The lowest BCUT2D eigenvalue weighted by Gasteiger charge is -2.29. The third-order valence-corrected chi connectivity index (χ3v) is 3.40. The van der Waals surface area contributed by atoms with Crippen LogP contribution in [0.2, 0.25) is 0 Å². The second kappa shape index (κ2) is 4.22. The molecule has 0 amide bonds. The minimum Gasteiger partial charge on any atom is -0.276 e. The van der Waals surface area contributed by atoms with Crippen molar-refractivity contribution in [3.63, 3.8) is 0 Å². The van der Waals surface area contributed by atoms with E-state index in [1.165, 1.54) is 0 Å². The van der Waals surface area contributed by atoms with E-state index in [-0.39, 0.29) is 0 Å². The molecule has 0 saturated carbocycles. The zero-order chi connectivity index (χ0) is 15.2. The lowest BCUT2D eigenvalue weighted by atomic mass is 10.7. The Kier molecular flexibility index (Phi) is 4.08. The molecule has 110 valence electrons. The van der Waals surface area contributed by atoms with Gasteiger partial charge in [-0.15, -0.1) is 13.2 Å². The van der Waals surface area contributed by atoms with Crippen LogP contribution >= 0.6 is 7.37 Å². The van der Waals surface area contributed by atoms with Crippen molar-refractivity contribution in [1.82, 2.24) is 0 Å². The molecule has 1 atom stereocenters. The van der Waals surface area contributed by atoms with Gasteiger partial charge >= 0.3 is 31.5 Å². The minimum atomic E-state index is -8.43. The molecule has 0 aromatic rings. The number of hydrogen-bond donors (Lipinski definition) is 0. The third-order valence-electron chi connectivity index (χ3n) is 1.28. The highest BCUT2D eigenvalue weighted by molar-refractivity contribution is 7.61. The van der Waals surface area contributed by atoms with Gasteiger partial charge in [0.05, 0.1) is 0 Å². The van der Waals surface area contributed by atoms with Crippen LogP contribution in [0, 0.1) is 0 Å². The topological polar surface area (TPSA) is 26.3 Å². The second-order valence-corrected chi connectivity index (χ2v) is 4.95. The van der Waals surface area contributed by atoms with Gasteiger partial charge in [-0.25, -0.2) is 4.52 Å². The number of rotatable bonds is 2. The largest absolute Gasteiger partial charge is 0.528 e. The molecule has 18 heavy (non-hydrogen) atoms. The van der Waals surface area contributed by atoms with Crippen LogP contribution < -0.4 is 0 Å². The molecule has 2 nitrogen and oxygen atoms in total. The first kappa shape index (κ1) is 17.4. The van der Waals surface area contributed by atoms with E-state index in [0.717, 1.165) is 0 Å². The monoisotopic (exact) mass is 320 g/mol. The molecular formula is C4F11O2P. The standard InChI is InChI=1S/C4F11O2P/c5-1(6,7)2(8,9)18(16,4(13,14)15)17-3(10,11)12. The van der Waals surface area contributed by atoms with Gasteiger partial charge in [-0.2, -0.15) is 35.1 Å². The molecule has 0 aromatic heterocycles. The van der Waals surface area contributed by atoms with E-state index in [4.69, 9.17) is 0 Å². The Morgan fingerprint density at radius 3 is 1.22 bits per heavy atom. The molecule has 0 saturated heterocycles. The van der Waals surface area contributed by atoms with Crippen LogP contribution in [-0.4, -0.2) is 24.1 Å². The third kappa shape index (κ3) is 3.05. The summed E-state index contributed by atoms with van der Waals surface area (Å²) in [5, 5.41) is 0. The van der Waals surface area contributed by atoms with Gasteiger partial charge < -0.3 is 0 Å². The molecule has 0 aliphatic carbocycles. The average Bonchev–Trinajstić information content (AvgIpc) is 1.95. The fourth-order valence-corrected chi connectivity index (χ4v) is 1.74. The smallest absolute Gasteiger partial charge is 0.276 e. The van der Waals surface area contributed by atoms with Crippen molar-refractivity contribution in [3.05, 3.63) is 0 Å². The molecule has 0 N–H and O–H groups in total. The summed E-state index contributed by atoms with van der Waals surface area (Å²) in [6.07, 6.45) is -13.7. The van der Waals surface area contributed by atoms with E-state index in [1.54, 1.807) is 4.52 Å².